The lowest BCUT2D eigenvalue weighted by Gasteiger charge is -2.39. The van der Waals surface area contributed by atoms with Crippen molar-refractivity contribution < 1.29 is 9.90 Å². The van der Waals surface area contributed by atoms with Crippen LogP contribution in [0.3, 0.4) is 0 Å². The predicted octanol–water partition coefficient (Wildman–Crippen LogP) is 2.55. The van der Waals surface area contributed by atoms with Gasteiger partial charge in [-0.2, -0.15) is 0 Å². The molecular formula is C15H22N2O2. The summed E-state index contributed by atoms with van der Waals surface area (Å²) in [6.45, 7) is 4.42. The van der Waals surface area contributed by atoms with Gasteiger partial charge in [0.15, 0.2) is 0 Å². The van der Waals surface area contributed by atoms with Gasteiger partial charge in [0.1, 0.15) is 0 Å². The Labute approximate surface area is 114 Å². The number of rotatable bonds is 5. The van der Waals surface area contributed by atoms with E-state index in [4.69, 9.17) is 0 Å². The minimum Gasteiger partial charge on any atom is -0.481 e. The van der Waals surface area contributed by atoms with E-state index in [1.54, 1.807) is 6.20 Å². The van der Waals surface area contributed by atoms with Gasteiger partial charge < -0.3 is 5.11 Å². The minimum atomic E-state index is -0.639. The molecule has 2 rings (SSSR count). The Kier molecular flexibility index (Phi) is 4.53. The number of carboxylic acids is 1. The Morgan fingerprint density at radius 3 is 3.00 bits per heavy atom. The van der Waals surface area contributed by atoms with Crippen LogP contribution in [-0.2, 0) is 11.3 Å². The second-order valence-electron chi connectivity index (χ2n) is 5.47. The summed E-state index contributed by atoms with van der Waals surface area (Å²) in [6.07, 6.45) is 5.23. The molecule has 1 fully saturated rings. The Bertz CT molecular complexity index is 417. The van der Waals surface area contributed by atoms with Crippen molar-refractivity contribution in [3.05, 3.63) is 30.1 Å². The zero-order valence-electron chi connectivity index (χ0n) is 11.5. The highest BCUT2D eigenvalue weighted by Gasteiger charge is 2.41. The number of hydrogen-bond donors (Lipinski definition) is 1. The largest absolute Gasteiger partial charge is 0.481 e. The summed E-state index contributed by atoms with van der Waals surface area (Å²) in [5.74, 6) is -0.639. The first kappa shape index (κ1) is 14.0. The number of piperidine rings is 1. The molecule has 1 aromatic rings. The first-order valence-corrected chi connectivity index (χ1v) is 7.02. The number of aliphatic carboxylic acids is 1. The Morgan fingerprint density at radius 2 is 2.37 bits per heavy atom. The molecule has 1 N–H and O–H groups in total. The van der Waals surface area contributed by atoms with Crippen LogP contribution in [0, 0.1) is 5.41 Å². The number of aromatic nitrogens is 1. The first-order chi connectivity index (χ1) is 9.16. The predicted molar refractivity (Wildman–Crippen MR) is 73.7 cm³/mol. The lowest BCUT2D eigenvalue weighted by atomic mass is 9.76. The van der Waals surface area contributed by atoms with E-state index in [1.165, 1.54) is 0 Å². The Morgan fingerprint density at radius 1 is 1.53 bits per heavy atom. The van der Waals surface area contributed by atoms with Crippen molar-refractivity contribution in [2.75, 3.05) is 13.1 Å². The van der Waals surface area contributed by atoms with Crippen molar-refractivity contribution in [2.24, 2.45) is 5.41 Å². The van der Waals surface area contributed by atoms with E-state index in [0.717, 1.165) is 44.5 Å². The third-order valence-electron chi connectivity index (χ3n) is 3.95. The van der Waals surface area contributed by atoms with Gasteiger partial charge in [-0.25, -0.2) is 0 Å². The zero-order valence-corrected chi connectivity index (χ0v) is 11.5. The van der Waals surface area contributed by atoms with E-state index in [9.17, 15) is 9.90 Å². The standard InChI is InChI=1S/C15H22N2O2/c1-2-7-15(14(18)19)8-5-10-17(12-15)11-13-6-3-4-9-16-13/h3-4,6,9H,2,5,7-8,10-12H2,1H3,(H,18,19). The van der Waals surface area contributed by atoms with Gasteiger partial charge in [-0.1, -0.05) is 19.4 Å². The maximum Gasteiger partial charge on any atom is 0.310 e. The topological polar surface area (TPSA) is 53.4 Å². The molecule has 0 radical (unpaired) electrons. The van der Waals surface area contributed by atoms with E-state index in [-0.39, 0.29) is 0 Å². The van der Waals surface area contributed by atoms with Gasteiger partial charge in [-0.15, -0.1) is 0 Å². The van der Waals surface area contributed by atoms with Crippen LogP contribution in [0.4, 0.5) is 0 Å². The molecule has 1 atom stereocenters. The number of pyridine rings is 1. The van der Waals surface area contributed by atoms with Crippen LogP contribution >= 0.6 is 0 Å². The van der Waals surface area contributed by atoms with Crippen molar-refractivity contribution in [2.45, 2.75) is 39.2 Å². The highest BCUT2D eigenvalue weighted by Crippen LogP contribution is 2.35. The molecule has 1 saturated heterocycles. The molecule has 0 saturated carbocycles. The fraction of sp³-hybridized carbons (Fsp3) is 0.600. The van der Waals surface area contributed by atoms with E-state index < -0.39 is 11.4 Å². The van der Waals surface area contributed by atoms with E-state index in [2.05, 4.69) is 16.8 Å². The fourth-order valence-corrected chi connectivity index (χ4v) is 3.05. The zero-order chi connectivity index (χ0) is 13.7. The maximum atomic E-state index is 11.6. The molecule has 4 heteroatoms. The molecule has 104 valence electrons. The summed E-state index contributed by atoms with van der Waals surface area (Å²) in [5.41, 5.74) is 0.460. The smallest absolute Gasteiger partial charge is 0.310 e. The van der Waals surface area contributed by atoms with Gasteiger partial charge in [0.2, 0.25) is 0 Å². The normalized spacial score (nSPS) is 24.3. The Hall–Kier alpha value is -1.42. The van der Waals surface area contributed by atoms with Crippen molar-refractivity contribution in [3.8, 4) is 0 Å². The lowest BCUT2D eigenvalue weighted by molar-refractivity contribution is -0.153. The SMILES string of the molecule is CCCC1(C(=O)O)CCCN(Cc2ccccn2)C1. The Balaban J connectivity index is 2.05. The van der Waals surface area contributed by atoms with Crippen LogP contribution in [0.5, 0.6) is 0 Å². The molecule has 0 bridgehead atoms. The summed E-state index contributed by atoms with van der Waals surface area (Å²) in [7, 11) is 0. The molecule has 1 aromatic heterocycles. The van der Waals surface area contributed by atoms with E-state index in [0.29, 0.717) is 6.54 Å². The van der Waals surface area contributed by atoms with Crippen LogP contribution in [0.2, 0.25) is 0 Å². The monoisotopic (exact) mass is 262 g/mol. The lowest BCUT2D eigenvalue weighted by Crippen LogP contribution is -2.47. The third kappa shape index (κ3) is 3.32. The summed E-state index contributed by atoms with van der Waals surface area (Å²) in [6, 6.07) is 5.87. The first-order valence-electron chi connectivity index (χ1n) is 7.02. The second kappa shape index (κ2) is 6.15. The molecular weight excluding hydrogens is 240 g/mol. The molecule has 1 aliphatic heterocycles. The van der Waals surface area contributed by atoms with Crippen LogP contribution in [0.25, 0.3) is 0 Å². The van der Waals surface area contributed by atoms with Crippen LogP contribution in [-0.4, -0.2) is 34.0 Å². The van der Waals surface area contributed by atoms with Crippen molar-refractivity contribution in [1.82, 2.24) is 9.88 Å². The number of nitrogens with zero attached hydrogens (tertiary/aromatic N) is 2. The second-order valence-corrected chi connectivity index (χ2v) is 5.47. The molecule has 0 spiro atoms. The number of likely N-dealkylation sites (tertiary alicyclic amines) is 1. The van der Waals surface area contributed by atoms with Gasteiger partial charge in [-0.05, 0) is 37.9 Å². The molecule has 2 heterocycles. The van der Waals surface area contributed by atoms with E-state index >= 15 is 0 Å². The molecule has 0 aromatic carbocycles. The fourth-order valence-electron chi connectivity index (χ4n) is 3.05. The number of carbonyl (C=O) groups is 1. The average molecular weight is 262 g/mol. The summed E-state index contributed by atoms with van der Waals surface area (Å²) < 4.78 is 0. The molecule has 0 amide bonds. The number of hydrogen-bond acceptors (Lipinski definition) is 3. The molecule has 4 nitrogen and oxygen atoms in total. The van der Waals surface area contributed by atoms with Crippen molar-refractivity contribution >= 4 is 5.97 Å². The summed E-state index contributed by atoms with van der Waals surface area (Å²) >= 11 is 0. The quantitative estimate of drug-likeness (QED) is 0.886. The summed E-state index contributed by atoms with van der Waals surface area (Å²) in [4.78, 5) is 18.2. The highest BCUT2D eigenvalue weighted by molar-refractivity contribution is 5.75. The van der Waals surface area contributed by atoms with Crippen LogP contribution < -0.4 is 0 Å². The van der Waals surface area contributed by atoms with Gasteiger partial charge in [0.25, 0.3) is 0 Å². The maximum absolute atomic E-state index is 11.6. The van der Waals surface area contributed by atoms with Gasteiger partial charge in [0, 0.05) is 19.3 Å². The molecule has 19 heavy (non-hydrogen) atoms. The average Bonchev–Trinajstić information content (AvgIpc) is 2.40. The van der Waals surface area contributed by atoms with Crippen molar-refractivity contribution in [3.63, 3.8) is 0 Å². The summed E-state index contributed by atoms with van der Waals surface area (Å²) in [5, 5.41) is 9.56. The number of carboxylic acid groups (broad SMARTS) is 1. The molecule has 0 aliphatic carbocycles. The van der Waals surface area contributed by atoms with Crippen LogP contribution in [0.1, 0.15) is 38.3 Å². The van der Waals surface area contributed by atoms with Gasteiger partial charge >= 0.3 is 5.97 Å². The van der Waals surface area contributed by atoms with E-state index in [1.807, 2.05) is 18.2 Å². The molecule has 1 unspecified atom stereocenters. The van der Waals surface area contributed by atoms with Gasteiger partial charge in [0.05, 0.1) is 11.1 Å². The van der Waals surface area contributed by atoms with Crippen LogP contribution in [0.15, 0.2) is 24.4 Å². The minimum absolute atomic E-state index is 0.554. The van der Waals surface area contributed by atoms with Crippen molar-refractivity contribution in [1.29, 1.82) is 0 Å². The van der Waals surface area contributed by atoms with Gasteiger partial charge in [-0.3, -0.25) is 14.7 Å². The third-order valence-corrected chi connectivity index (χ3v) is 3.95. The molecule has 1 aliphatic rings. The highest BCUT2D eigenvalue weighted by atomic mass is 16.4.